The summed E-state index contributed by atoms with van der Waals surface area (Å²) in [4.78, 5) is 2.75. The second-order valence-electron chi connectivity index (χ2n) is 7.39. The van der Waals surface area contributed by atoms with Crippen molar-refractivity contribution in [3.63, 3.8) is 0 Å². The van der Waals surface area contributed by atoms with Gasteiger partial charge in [0.1, 0.15) is 0 Å². The molecule has 21 heavy (non-hydrogen) atoms. The van der Waals surface area contributed by atoms with Crippen LogP contribution in [-0.2, 0) is 0 Å². The highest BCUT2D eigenvalue weighted by molar-refractivity contribution is 5.24. The zero-order chi connectivity index (χ0) is 15.0. The summed E-state index contributed by atoms with van der Waals surface area (Å²) in [6, 6.07) is 10.3. The summed E-state index contributed by atoms with van der Waals surface area (Å²) in [6.07, 6.45) is 4.05. The molecule has 0 aromatic heterocycles. The zero-order valence-electron chi connectivity index (χ0n) is 14.0. The summed E-state index contributed by atoms with van der Waals surface area (Å²) in [5, 5.41) is 3.86. The van der Waals surface area contributed by atoms with Crippen LogP contribution in [0.25, 0.3) is 0 Å². The third-order valence-corrected chi connectivity index (χ3v) is 5.73. The first-order valence-corrected chi connectivity index (χ1v) is 8.61. The van der Waals surface area contributed by atoms with Crippen LogP contribution in [0.5, 0.6) is 0 Å². The monoisotopic (exact) mass is 286 g/mol. The predicted octanol–water partition coefficient (Wildman–Crippen LogP) is 3.91. The van der Waals surface area contributed by atoms with E-state index in [0.29, 0.717) is 17.6 Å². The lowest BCUT2D eigenvalue weighted by molar-refractivity contribution is 0.0418. The molecular formula is C19H30N2. The van der Waals surface area contributed by atoms with Crippen molar-refractivity contribution in [3.05, 3.63) is 35.4 Å². The SMILES string of the molecule is CCC1CNC(C)(C2CC2)CN1C(C)c1ccc(C)cc1. The highest BCUT2D eigenvalue weighted by Crippen LogP contribution is 2.42. The fourth-order valence-corrected chi connectivity index (χ4v) is 3.89. The van der Waals surface area contributed by atoms with Crippen molar-refractivity contribution in [1.29, 1.82) is 0 Å². The van der Waals surface area contributed by atoms with Crippen LogP contribution < -0.4 is 5.32 Å². The number of nitrogens with one attached hydrogen (secondary N) is 1. The van der Waals surface area contributed by atoms with Crippen molar-refractivity contribution < 1.29 is 0 Å². The van der Waals surface area contributed by atoms with Crippen LogP contribution >= 0.6 is 0 Å². The Hall–Kier alpha value is -0.860. The van der Waals surface area contributed by atoms with Gasteiger partial charge in [-0.3, -0.25) is 4.90 Å². The van der Waals surface area contributed by atoms with Crippen molar-refractivity contribution in [2.45, 2.75) is 64.6 Å². The van der Waals surface area contributed by atoms with E-state index in [2.05, 4.69) is 62.2 Å². The minimum absolute atomic E-state index is 0.324. The third-order valence-electron chi connectivity index (χ3n) is 5.73. The number of nitrogens with zero attached hydrogens (tertiary/aromatic N) is 1. The molecule has 2 heteroatoms. The second kappa shape index (κ2) is 5.73. The summed E-state index contributed by atoms with van der Waals surface area (Å²) >= 11 is 0. The van der Waals surface area contributed by atoms with Gasteiger partial charge in [-0.25, -0.2) is 0 Å². The number of hydrogen-bond acceptors (Lipinski definition) is 2. The molecule has 0 spiro atoms. The van der Waals surface area contributed by atoms with Crippen LogP contribution in [0.2, 0.25) is 0 Å². The zero-order valence-corrected chi connectivity index (χ0v) is 14.0. The summed E-state index contributed by atoms with van der Waals surface area (Å²) in [6.45, 7) is 11.6. The molecule has 1 saturated carbocycles. The molecule has 1 heterocycles. The van der Waals surface area contributed by atoms with Gasteiger partial charge in [0.05, 0.1) is 0 Å². The lowest BCUT2D eigenvalue weighted by Gasteiger charge is -2.49. The Kier molecular flexibility index (Phi) is 4.11. The molecular weight excluding hydrogens is 256 g/mol. The van der Waals surface area contributed by atoms with Crippen molar-refractivity contribution in [2.24, 2.45) is 5.92 Å². The number of rotatable bonds is 4. The van der Waals surface area contributed by atoms with E-state index in [9.17, 15) is 0 Å². The molecule has 0 amide bonds. The van der Waals surface area contributed by atoms with E-state index in [4.69, 9.17) is 0 Å². The van der Waals surface area contributed by atoms with Gasteiger partial charge >= 0.3 is 0 Å². The summed E-state index contributed by atoms with van der Waals surface area (Å²) in [7, 11) is 0. The Bertz CT molecular complexity index is 477. The maximum absolute atomic E-state index is 3.86. The Labute approximate surface area is 129 Å². The third kappa shape index (κ3) is 3.02. The van der Waals surface area contributed by atoms with Crippen molar-refractivity contribution in [2.75, 3.05) is 13.1 Å². The standard InChI is InChI=1S/C19H30N2/c1-5-18-12-20-19(4,17-10-11-17)13-21(18)15(3)16-8-6-14(2)7-9-16/h6-9,15,17-18,20H,5,10-13H2,1-4H3. The smallest absolute Gasteiger partial charge is 0.0324 e. The van der Waals surface area contributed by atoms with Gasteiger partial charge in [-0.05, 0) is 51.5 Å². The quantitative estimate of drug-likeness (QED) is 0.903. The van der Waals surface area contributed by atoms with Gasteiger partial charge in [-0.2, -0.15) is 0 Å². The summed E-state index contributed by atoms with van der Waals surface area (Å²) in [5.74, 6) is 0.892. The lowest BCUT2D eigenvalue weighted by atomic mass is 9.88. The molecule has 1 saturated heterocycles. The predicted molar refractivity (Wildman–Crippen MR) is 89.5 cm³/mol. The van der Waals surface area contributed by atoms with Crippen LogP contribution in [0.1, 0.15) is 57.2 Å². The van der Waals surface area contributed by atoms with Crippen LogP contribution in [0, 0.1) is 12.8 Å². The molecule has 1 aliphatic heterocycles. The number of aryl methyl sites for hydroxylation is 1. The number of piperazine rings is 1. The van der Waals surface area contributed by atoms with E-state index in [1.165, 1.54) is 36.9 Å². The summed E-state index contributed by atoms with van der Waals surface area (Å²) in [5.41, 5.74) is 3.13. The maximum Gasteiger partial charge on any atom is 0.0324 e. The van der Waals surface area contributed by atoms with Gasteiger partial charge in [-0.15, -0.1) is 0 Å². The van der Waals surface area contributed by atoms with Crippen LogP contribution in [0.3, 0.4) is 0 Å². The van der Waals surface area contributed by atoms with Gasteiger partial charge in [0.15, 0.2) is 0 Å². The molecule has 3 unspecified atom stereocenters. The summed E-state index contributed by atoms with van der Waals surface area (Å²) < 4.78 is 0. The molecule has 0 bridgehead atoms. The van der Waals surface area contributed by atoms with E-state index in [0.717, 1.165) is 12.5 Å². The molecule has 116 valence electrons. The van der Waals surface area contributed by atoms with Crippen molar-refractivity contribution >= 4 is 0 Å². The van der Waals surface area contributed by atoms with Crippen molar-refractivity contribution in [1.82, 2.24) is 10.2 Å². The first kappa shape index (κ1) is 15.1. The Balaban J connectivity index is 1.80. The Morgan fingerprint density at radius 3 is 2.52 bits per heavy atom. The topological polar surface area (TPSA) is 15.3 Å². The molecule has 1 aromatic rings. The molecule has 1 N–H and O–H groups in total. The average Bonchev–Trinajstić information content (AvgIpc) is 3.32. The van der Waals surface area contributed by atoms with E-state index in [-0.39, 0.29) is 0 Å². The minimum atomic E-state index is 0.324. The number of hydrogen-bond donors (Lipinski definition) is 1. The van der Waals surface area contributed by atoms with Gasteiger partial charge in [0.2, 0.25) is 0 Å². The minimum Gasteiger partial charge on any atom is -0.308 e. The number of benzene rings is 1. The van der Waals surface area contributed by atoms with E-state index in [1.54, 1.807) is 0 Å². The van der Waals surface area contributed by atoms with Crippen molar-refractivity contribution in [3.8, 4) is 0 Å². The fourth-order valence-electron chi connectivity index (χ4n) is 3.89. The maximum atomic E-state index is 3.86. The largest absolute Gasteiger partial charge is 0.308 e. The van der Waals surface area contributed by atoms with Crippen LogP contribution in [0.4, 0.5) is 0 Å². The molecule has 2 fully saturated rings. The van der Waals surface area contributed by atoms with Crippen LogP contribution in [-0.4, -0.2) is 29.6 Å². The van der Waals surface area contributed by atoms with Gasteiger partial charge in [-0.1, -0.05) is 36.8 Å². The first-order valence-electron chi connectivity index (χ1n) is 8.61. The first-order chi connectivity index (χ1) is 10.0. The molecule has 1 aliphatic carbocycles. The second-order valence-corrected chi connectivity index (χ2v) is 7.39. The van der Waals surface area contributed by atoms with Crippen LogP contribution in [0.15, 0.2) is 24.3 Å². The molecule has 1 aromatic carbocycles. The molecule has 2 aliphatic rings. The normalized spacial score (nSPS) is 32.1. The lowest BCUT2D eigenvalue weighted by Crippen LogP contribution is -2.64. The molecule has 2 nitrogen and oxygen atoms in total. The Morgan fingerprint density at radius 1 is 1.29 bits per heavy atom. The highest BCUT2D eigenvalue weighted by Gasteiger charge is 2.46. The van der Waals surface area contributed by atoms with Gasteiger partial charge in [0, 0.05) is 30.7 Å². The highest BCUT2D eigenvalue weighted by atomic mass is 15.3. The van der Waals surface area contributed by atoms with Gasteiger partial charge < -0.3 is 5.32 Å². The van der Waals surface area contributed by atoms with Gasteiger partial charge in [0.25, 0.3) is 0 Å². The van der Waals surface area contributed by atoms with E-state index in [1.807, 2.05) is 0 Å². The van der Waals surface area contributed by atoms with E-state index >= 15 is 0 Å². The molecule has 3 rings (SSSR count). The fraction of sp³-hybridized carbons (Fsp3) is 0.684. The van der Waals surface area contributed by atoms with E-state index < -0.39 is 0 Å². The molecule has 0 radical (unpaired) electrons. The average molecular weight is 286 g/mol. The Morgan fingerprint density at radius 2 is 1.95 bits per heavy atom. The molecule has 3 atom stereocenters.